The molecule has 0 aliphatic carbocycles. The van der Waals surface area contributed by atoms with E-state index in [0.717, 1.165) is 45.3 Å². The van der Waals surface area contributed by atoms with Gasteiger partial charge in [0.25, 0.3) is 0 Å². The predicted molar refractivity (Wildman–Crippen MR) is 64.1 cm³/mol. The van der Waals surface area contributed by atoms with Crippen molar-refractivity contribution in [2.75, 3.05) is 19.6 Å². The number of amides is 2. The van der Waals surface area contributed by atoms with E-state index >= 15 is 0 Å². The average molecular weight is 239 g/mol. The third-order valence-electron chi connectivity index (χ3n) is 3.78. The van der Waals surface area contributed by atoms with Gasteiger partial charge in [-0.25, -0.2) is 0 Å². The van der Waals surface area contributed by atoms with Crippen LogP contribution in [0.4, 0.5) is 0 Å². The maximum Gasteiger partial charge on any atom is 0.226 e. The summed E-state index contributed by atoms with van der Waals surface area (Å²) in [7, 11) is 0. The van der Waals surface area contributed by atoms with E-state index in [1.165, 1.54) is 0 Å². The fraction of sp³-hybridized carbons (Fsp3) is 0.833. The van der Waals surface area contributed by atoms with Gasteiger partial charge < -0.3 is 16.0 Å². The largest absolute Gasteiger partial charge is 0.370 e. The van der Waals surface area contributed by atoms with E-state index < -0.39 is 0 Å². The second-order valence-electron chi connectivity index (χ2n) is 5.02. The Kier molecular flexibility index (Phi) is 3.99. The third kappa shape index (κ3) is 2.97. The second-order valence-corrected chi connectivity index (χ2v) is 5.02. The van der Waals surface area contributed by atoms with Gasteiger partial charge in [-0.3, -0.25) is 9.59 Å². The summed E-state index contributed by atoms with van der Waals surface area (Å²) in [4.78, 5) is 25.2. The zero-order valence-electron chi connectivity index (χ0n) is 10.2. The van der Waals surface area contributed by atoms with Gasteiger partial charge >= 0.3 is 0 Å². The number of carbonyl (C=O) groups excluding carboxylic acids is 2. The normalized spacial score (nSPS) is 27.2. The molecule has 2 aliphatic heterocycles. The SMILES string of the molecule is NC(=O)CC1CCCN(C2CCNCC2)C1=O. The molecule has 2 heterocycles. The molecule has 0 aromatic carbocycles. The van der Waals surface area contributed by atoms with Crippen molar-refractivity contribution in [2.24, 2.45) is 11.7 Å². The molecule has 2 amide bonds. The summed E-state index contributed by atoms with van der Waals surface area (Å²) in [5.41, 5.74) is 5.19. The van der Waals surface area contributed by atoms with E-state index in [-0.39, 0.29) is 24.2 Å². The molecule has 0 aromatic heterocycles. The number of carbonyl (C=O) groups is 2. The van der Waals surface area contributed by atoms with Crippen LogP contribution >= 0.6 is 0 Å². The monoisotopic (exact) mass is 239 g/mol. The van der Waals surface area contributed by atoms with Crippen LogP contribution in [-0.4, -0.2) is 42.4 Å². The average Bonchev–Trinajstić information content (AvgIpc) is 2.32. The lowest BCUT2D eigenvalue weighted by atomic mass is 9.91. The van der Waals surface area contributed by atoms with Gasteiger partial charge in [-0.15, -0.1) is 0 Å². The molecule has 96 valence electrons. The van der Waals surface area contributed by atoms with Crippen molar-refractivity contribution in [1.82, 2.24) is 10.2 Å². The van der Waals surface area contributed by atoms with Gasteiger partial charge in [0.2, 0.25) is 11.8 Å². The molecule has 3 N–H and O–H groups in total. The number of hydrogen-bond acceptors (Lipinski definition) is 3. The van der Waals surface area contributed by atoms with Crippen molar-refractivity contribution in [3.63, 3.8) is 0 Å². The van der Waals surface area contributed by atoms with E-state index in [1.54, 1.807) is 0 Å². The molecular weight excluding hydrogens is 218 g/mol. The highest BCUT2D eigenvalue weighted by Gasteiger charge is 2.34. The molecule has 5 heteroatoms. The van der Waals surface area contributed by atoms with Crippen LogP contribution < -0.4 is 11.1 Å². The highest BCUT2D eigenvalue weighted by Crippen LogP contribution is 2.25. The number of hydrogen-bond donors (Lipinski definition) is 2. The lowest BCUT2D eigenvalue weighted by Crippen LogP contribution is -2.51. The molecule has 1 unspecified atom stereocenters. The third-order valence-corrected chi connectivity index (χ3v) is 3.78. The molecule has 5 nitrogen and oxygen atoms in total. The van der Waals surface area contributed by atoms with Gasteiger partial charge in [-0.05, 0) is 38.8 Å². The second kappa shape index (κ2) is 5.49. The zero-order chi connectivity index (χ0) is 12.3. The number of rotatable bonds is 3. The van der Waals surface area contributed by atoms with Crippen molar-refractivity contribution < 1.29 is 9.59 Å². The van der Waals surface area contributed by atoms with E-state index in [9.17, 15) is 9.59 Å². The van der Waals surface area contributed by atoms with Crippen molar-refractivity contribution >= 4 is 11.8 Å². The highest BCUT2D eigenvalue weighted by molar-refractivity contribution is 5.85. The van der Waals surface area contributed by atoms with Crippen LogP contribution in [0.5, 0.6) is 0 Å². The smallest absolute Gasteiger partial charge is 0.226 e. The van der Waals surface area contributed by atoms with Crippen molar-refractivity contribution in [3.05, 3.63) is 0 Å². The van der Waals surface area contributed by atoms with E-state index in [0.29, 0.717) is 6.04 Å². The molecule has 0 bridgehead atoms. The first-order valence-corrected chi connectivity index (χ1v) is 6.48. The maximum absolute atomic E-state index is 12.3. The number of piperidine rings is 2. The summed E-state index contributed by atoms with van der Waals surface area (Å²) in [5, 5.41) is 3.30. The zero-order valence-corrected chi connectivity index (χ0v) is 10.2. The molecular formula is C12H21N3O2. The van der Waals surface area contributed by atoms with Gasteiger partial charge in [0.05, 0.1) is 0 Å². The number of likely N-dealkylation sites (tertiary alicyclic amines) is 1. The van der Waals surface area contributed by atoms with E-state index in [2.05, 4.69) is 5.32 Å². The summed E-state index contributed by atoms with van der Waals surface area (Å²) >= 11 is 0. The fourth-order valence-corrected chi connectivity index (χ4v) is 2.89. The Hall–Kier alpha value is -1.10. The van der Waals surface area contributed by atoms with Gasteiger partial charge in [-0.1, -0.05) is 0 Å². The molecule has 2 rings (SSSR count). The van der Waals surface area contributed by atoms with Crippen molar-refractivity contribution in [1.29, 1.82) is 0 Å². The van der Waals surface area contributed by atoms with Crippen LogP contribution in [0.25, 0.3) is 0 Å². The molecule has 2 aliphatic rings. The summed E-state index contributed by atoms with van der Waals surface area (Å²) in [6.07, 6.45) is 4.06. The lowest BCUT2D eigenvalue weighted by molar-refractivity contribution is -0.143. The predicted octanol–water partition coefficient (Wildman–Crippen LogP) is -0.148. The quantitative estimate of drug-likeness (QED) is 0.719. The first-order valence-electron chi connectivity index (χ1n) is 6.48. The molecule has 2 saturated heterocycles. The topological polar surface area (TPSA) is 75.4 Å². The number of nitrogens with zero attached hydrogens (tertiary/aromatic N) is 1. The first-order chi connectivity index (χ1) is 8.18. The summed E-state index contributed by atoms with van der Waals surface area (Å²) < 4.78 is 0. The molecule has 0 aromatic rings. The fourth-order valence-electron chi connectivity index (χ4n) is 2.89. The molecule has 1 atom stereocenters. The summed E-state index contributed by atoms with van der Waals surface area (Å²) in [6.45, 7) is 2.81. The molecule has 0 spiro atoms. The Labute approximate surface area is 102 Å². The number of primary amides is 1. The Morgan fingerprint density at radius 1 is 1.35 bits per heavy atom. The molecule has 0 radical (unpaired) electrons. The standard InChI is InChI=1S/C12H21N3O2/c13-11(16)8-9-2-1-7-15(12(9)17)10-3-5-14-6-4-10/h9-10,14H,1-8H2,(H2,13,16). The number of nitrogens with one attached hydrogen (secondary N) is 1. The summed E-state index contributed by atoms with van der Waals surface area (Å²) in [6, 6.07) is 0.361. The highest BCUT2D eigenvalue weighted by atomic mass is 16.2. The summed E-state index contributed by atoms with van der Waals surface area (Å²) in [5.74, 6) is -0.395. The van der Waals surface area contributed by atoms with Gasteiger partial charge in [0.15, 0.2) is 0 Å². The maximum atomic E-state index is 12.3. The Bertz CT molecular complexity index is 300. The Morgan fingerprint density at radius 2 is 2.06 bits per heavy atom. The van der Waals surface area contributed by atoms with Crippen LogP contribution in [-0.2, 0) is 9.59 Å². The molecule has 17 heavy (non-hydrogen) atoms. The van der Waals surface area contributed by atoms with Crippen LogP contribution in [0, 0.1) is 5.92 Å². The van der Waals surface area contributed by atoms with Crippen molar-refractivity contribution in [2.45, 2.75) is 38.1 Å². The van der Waals surface area contributed by atoms with Gasteiger partial charge in [0.1, 0.15) is 0 Å². The van der Waals surface area contributed by atoms with Crippen LogP contribution in [0.1, 0.15) is 32.1 Å². The van der Waals surface area contributed by atoms with E-state index in [4.69, 9.17) is 5.73 Å². The number of nitrogens with two attached hydrogens (primary N) is 1. The molecule has 2 fully saturated rings. The van der Waals surface area contributed by atoms with Gasteiger partial charge in [-0.2, -0.15) is 0 Å². The Balaban J connectivity index is 1.97. The lowest BCUT2D eigenvalue weighted by Gasteiger charge is -2.39. The first kappa shape index (κ1) is 12.4. The van der Waals surface area contributed by atoms with Gasteiger partial charge in [0, 0.05) is 24.9 Å². The minimum atomic E-state index is -0.365. The van der Waals surface area contributed by atoms with E-state index in [1.807, 2.05) is 4.90 Å². The minimum Gasteiger partial charge on any atom is -0.370 e. The minimum absolute atomic E-state index is 0.141. The Morgan fingerprint density at radius 3 is 2.71 bits per heavy atom. The molecule has 0 saturated carbocycles. The van der Waals surface area contributed by atoms with Crippen LogP contribution in [0.3, 0.4) is 0 Å². The van der Waals surface area contributed by atoms with Crippen LogP contribution in [0.15, 0.2) is 0 Å². The van der Waals surface area contributed by atoms with Crippen molar-refractivity contribution in [3.8, 4) is 0 Å². The van der Waals surface area contributed by atoms with Crippen LogP contribution in [0.2, 0.25) is 0 Å².